The smallest absolute Gasteiger partial charge is 0.344 e. The average molecular weight is 417 g/mol. The quantitative estimate of drug-likeness (QED) is 0.290. The molecular weight excluding hydrogens is 390 g/mol. The number of hydrogen-bond donors (Lipinski definition) is 0. The Morgan fingerprint density at radius 2 is 1.67 bits per heavy atom. The molecule has 3 rings (SSSR count). The van der Waals surface area contributed by atoms with Crippen molar-refractivity contribution in [2.75, 3.05) is 13.2 Å². The Balaban J connectivity index is 2.19. The third-order valence-corrected chi connectivity index (χ3v) is 5.73. The van der Waals surface area contributed by atoms with Gasteiger partial charge in [0.25, 0.3) is 0 Å². The Kier molecular flexibility index (Phi) is 6.43. The van der Waals surface area contributed by atoms with Crippen molar-refractivity contribution in [2.45, 2.75) is 57.7 Å². The van der Waals surface area contributed by atoms with Gasteiger partial charge in [-0.1, -0.05) is 30.3 Å². The lowest BCUT2D eigenvalue weighted by atomic mass is 9.66. The van der Waals surface area contributed by atoms with Gasteiger partial charge in [0.1, 0.15) is 6.10 Å². The van der Waals surface area contributed by atoms with E-state index < -0.39 is 35.5 Å². The van der Waals surface area contributed by atoms with Crippen LogP contribution in [0.15, 0.2) is 30.3 Å². The van der Waals surface area contributed by atoms with Gasteiger partial charge in [0.2, 0.25) is 11.4 Å². The van der Waals surface area contributed by atoms with E-state index in [1.54, 1.807) is 38.1 Å². The van der Waals surface area contributed by atoms with Crippen molar-refractivity contribution in [1.29, 1.82) is 0 Å². The Hall–Kier alpha value is -2.90. The lowest BCUT2D eigenvalue weighted by Crippen LogP contribution is -2.77. The molecule has 1 aromatic carbocycles. The zero-order valence-corrected chi connectivity index (χ0v) is 17.5. The number of esters is 3. The van der Waals surface area contributed by atoms with Gasteiger partial charge in [0, 0.05) is 25.3 Å². The molecule has 30 heavy (non-hydrogen) atoms. The second-order valence-electron chi connectivity index (χ2n) is 7.45. The van der Waals surface area contributed by atoms with Crippen LogP contribution in [0.5, 0.6) is 0 Å². The first-order valence-electron chi connectivity index (χ1n) is 10.3. The van der Waals surface area contributed by atoms with Crippen molar-refractivity contribution in [3.63, 3.8) is 0 Å². The van der Waals surface area contributed by atoms with Gasteiger partial charge in [-0.15, -0.1) is 0 Å². The number of hydrogen-bond acceptors (Lipinski definition) is 7. The summed E-state index contributed by atoms with van der Waals surface area (Å²) >= 11 is 0. The van der Waals surface area contributed by atoms with Crippen LogP contribution in [-0.4, -0.2) is 53.5 Å². The third-order valence-electron chi connectivity index (χ3n) is 5.73. The van der Waals surface area contributed by atoms with Gasteiger partial charge >= 0.3 is 17.9 Å². The lowest BCUT2D eigenvalue weighted by Gasteiger charge is -2.57. The Morgan fingerprint density at radius 3 is 2.17 bits per heavy atom. The predicted octanol–water partition coefficient (Wildman–Crippen LogP) is 2.17. The van der Waals surface area contributed by atoms with E-state index in [1.165, 1.54) is 11.8 Å². The van der Waals surface area contributed by atoms with Gasteiger partial charge in [0.15, 0.2) is 0 Å². The van der Waals surface area contributed by atoms with E-state index in [1.807, 2.05) is 6.07 Å². The molecule has 162 valence electrons. The molecule has 0 saturated carbocycles. The number of piperidine rings is 1. The fourth-order valence-corrected chi connectivity index (χ4v) is 4.60. The highest BCUT2D eigenvalue weighted by molar-refractivity contribution is 6.10. The number of carbonyl (C=O) groups excluding carboxylic acids is 4. The summed E-state index contributed by atoms with van der Waals surface area (Å²) in [5, 5.41) is 0. The van der Waals surface area contributed by atoms with Crippen molar-refractivity contribution in [3.8, 4) is 0 Å². The maximum absolute atomic E-state index is 13.3. The molecule has 8 heteroatoms. The van der Waals surface area contributed by atoms with Crippen LogP contribution in [0, 0.1) is 5.92 Å². The first-order chi connectivity index (χ1) is 14.4. The minimum atomic E-state index is -2.00. The molecule has 2 heterocycles. The highest BCUT2D eigenvalue weighted by atomic mass is 16.6. The second-order valence-corrected chi connectivity index (χ2v) is 7.45. The Morgan fingerprint density at radius 1 is 1.07 bits per heavy atom. The van der Waals surface area contributed by atoms with Gasteiger partial charge < -0.3 is 19.1 Å². The number of carbonyl (C=O) groups is 4. The Labute approximate surface area is 175 Å². The molecule has 8 nitrogen and oxygen atoms in total. The molecule has 3 atom stereocenters. The molecule has 2 aliphatic heterocycles. The number of benzene rings is 1. The van der Waals surface area contributed by atoms with Crippen molar-refractivity contribution >= 4 is 23.8 Å². The molecular formula is C22H27NO7. The fourth-order valence-electron chi connectivity index (χ4n) is 4.60. The van der Waals surface area contributed by atoms with Gasteiger partial charge in [-0.05, 0) is 32.3 Å². The van der Waals surface area contributed by atoms with Crippen LogP contribution in [0.1, 0.15) is 51.7 Å². The van der Waals surface area contributed by atoms with E-state index in [0.717, 1.165) is 0 Å². The Bertz CT molecular complexity index is 804. The molecule has 2 aliphatic rings. The monoisotopic (exact) mass is 417 g/mol. The normalized spacial score (nSPS) is 22.9. The van der Waals surface area contributed by atoms with Crippen LogP contribution in [0.3, 0.4) is 0 Å². The highest BCUT2D eigenvalue weighted by Gasteiger charge is 2.69. The van der Waals surface area contributed by atoms with E-state index in [4.69, 9.17) is 14.2 Å². The standard InChI is InChI=1S/C22H27NO7/c1-4-28-20(26)22(21(27)29-5-2)17(12-11-16-13-18(25)23(16)22)19(30-14(3)24)15-9-7-6-8-10-15/h6-10,16-17,19H,4-5,11-13H2,1-3H3/t16-,17?,19?/m0/s1. The SMILES string of the molecule is CCOC(=O)C1(C(=O)OCC)C(C(OC(C)=O)c2ccccc2)CC[C@H]2CC(=O)N21. The predicted molar refractivity (Wildman–Crippen MR) is 105 cm³/mol. The summed E-state index contributed by atoms with van der Waals surface area (Å²) in [4.78, 5) is 52.6. The summed E-state index contributed by atoms with van der Waals surface area (Å²) in [6.45, 7) is 4.59. The minimum absolute atomic E-state index is 0.0307. The number of amides is 1. The first kappa shape index (κ1) is 21.8. The average Bonchev–Trinajstić information content (AvgIpc) is 2.71. The summed E-state index contributed by atoms with van der Waals surface area (Å²) in [7, 11) is 0. The lowest BCUT2D eigenvalue weighted by molar-refractivity contribution is -0.210. The maximum atomic E-state index is 13.3. The summed E-state index contributed by atoms with van der Waals surface area (Å²) in [6, 6.07) is 8.65. The van der Waals surface area contributed by atoms with Crippen molar-refractivity contribution in [3.05, 3.63) is 35.9 Å². The summed E-state index contributed by atoms with van der Waals surface area (Å²) in [5.74, 6) is -3.41. The van der Waals surface area contributed by atoms with Crippen molar-refractivity contribution < 1.29 is 33.4 Å². The van der Waals surface area contributed by atoms with E-state index >= 15 is 0 Å². The molecule has 0 aliphatic carbocycles. The van der Waals surface area contributed by atoms with Crippen LogP contribution in [-0.2, 0) is 33.4 Å². The molecule has 1 amide bonds. The van der Waals surface area contributed by atoms with Gasteiger partial charge in [-0.25, -0.2) is 9.59 Å². The zero-order chi connectivity index (χ0) is 21.9. The molecule has 2 fully saturated rings. The maximum Gasteiger partial charge on any atom is 0.344 e. The summed E-state index contributed by atoms with van der Waals surface area (Å²) < 4.78 is 16.2. The molecule has 0 N–H and O–H groups in total. The molecule has 0 aromatic heterocycles. The second kappa shape index (κ2) is 8.85. The number of ether oxygens (including phenoxy) is 3. The fraction of sp³-hybridized carbons (Fsp3) is 0.545. The first-order valence-corrected chi connectivity index (χ1v) is 10.3. The van der Waals surface area contributed by atoms with Gasteiger partial charge in [-0.2, -0.15) is 0 Å². The van der Waals surface area contributed by atoms with Crippen molar-refractivity contribution in [2.24, 2.45) is 5.92 Å². The molecule has 0 radical (unpaired) electrons. The largest absolute Gasteiger partial charge is 0.464 e. The van der Waals surface area contributed by atoms with Crippen LogP contribution < -0.4 is 0 Å². The molecule has 2 saturated heterocycles. The molecule has 2 unspecified atom stereocenters. The van der Waals surface area contributed by atoms with Crippen LogP contribution in [0.2, 0.25) is 0 Å². The summed E-state index contributed by atoms with van der Waals surface area (Å²) in [6.07, 6.45) is 0.309. The number of β-lactam (4-membered cyclic amide) rings is 1. The van der Waals surface area contributed by atoms with Gasteiger partial charge in [-0.3, -0.25) is 9.59 Å². The van der Waals surface area contributed by atoms with Gasteiger partial charge in [0.05, 0.1) is 13.2 Å². The van der Waals surface area contributed by atoms with Crippen LogP contribution in [0.4, 0.5) is 0 Å². The van der Waals surface area contributed by atoms with Crippen molar-refractivity contribution in [1.82, 2.24) is 4.90 Å². The number of nitrogens with zero attached hydrogens (tertiary/aromatic N) is 1. The van der Waals surface area contributed by atoms with Crippen LogP contribution in [0.25, 0.3) is 0 Å². The highest BCUT2D eigenvalue weighted by Crippen LogP contribution is 2.50. The molecule has 1 aromatic rings. The number of fused-ring (bicyclic) bond motifs is 1. The van der Waals surface area contributed by atoms with E-state index in [2.05, 4.69) is 0 Å². The molecule has 0 spiro atoms. The zero-order valence-electron chi connectivity index (χ0n) is 17.5. The minimum Gasteiger partial charge on any atom is -0.464 e. The third kappa shape index (κ3) is 3.55. The summed E-state index contributed by atoms with van der Waals surface area (Å²) in [5.41, 5.74) is -1.37. The molecule has 0 bridgehead atoms. The van der Waals surface area contributed by atoms with E-state index in [9.17, 15) is 19.2 Å². The number of rotatable bonds is 7. The van der Waals surface area contributed by atoms with Crippen LogP contribution >= 0.6 is 0 Å². The van der Waals surface area contributed by atoms with E-state index in [0.29, 0.717) is 18.4 Å². The topological polar surface area (TPSA) is 99.2 Å². The van der Waals surface area contributed by atoms with E-state index in [-0.39, 0.29) is 31.6 Å².